The van der Waals surface area contributed by atoms with E-state index in [4.69, 9.17) is 14.7 Å². The molecule has 0 aliphatic carbocycles. The number of hydrogen-bond donors (Lipinski definition) is 2. The molecule has 0 spiro atoms. The quantitative estimate of drug-likeness (QED) is 0.293. The second-order valence-electron chi connectivity index (χ2n) is 13.8. The van der Waals surface area contributed by atoms with E-state index < -0.39 is 6.17 Å². The number of hydrogen-bond acceptors (Lipinski definition) is 9. The Morgan fingerprint density at radius 2 is 1.98 bits per heavy atom. The molecule has 2 aromatic carbocycles. The summed E-state index contributed by atoms with van der Waals surface area (Å²) in [6.07, 6.45) is 3.42. The van der Waals surface area contributed by atoms with Crippen LogP contribution in [0.5, 0.6) is 11.8 Å². The standard InChI is InChI=1S/C36H42F2N8O3/c1-3-26-28(38)7-6-22-14-25(47)16-31(32(22)26)43-13-8-27-30(20-43)40-35(49-21-36-9-4-11-45(36)18-23(37)17-36)41-33(27)44-10-5-12-46-24(19-44)15-29(42-46)34(48)39-2/h6-7,14-16,23,47H,3-5,8-13,17-21H2,1-2H3,(H,39,48)/t23-,36+/m1/s1. The van der Waals surface area contributed by atoms with Crippen LogP contribution in [-0.4, -0.2) is 87.2 Å². The van der Waals surface area contributed by atoms with Gasteiger partial charge in [-0.15, -0.1) is 0 Å². The number of halogens is 2. The molecule has 2 atom stereocenters. The minimum Gasteiger partial charge on any atom is -0.508 e. The number of alkyl halides is 1. The van der Waals surface area contributed by atoms with Gasteiger partial charge in [0.15, 0.2) is 0 Å². The van der Waals surface area contributed by atoms with E-state index in [1.165, 1.54) is 6.07 Å². The summed E-state index contributed by atoms with van der Waals surface area (Å²) in [6, 6.07) is 8.66. The number of rotatable bonds is 7. The highest BCUT2D eigenvalue weighted by atomic mass is 19.1. The summed E-state index contributed by atoms with van der Waals surface area (Å²) in [4.78, 5) is 29.0. The number of fused-ring (bicyclic) bond motifs is 4. The fourth-order valence-corrected chi connectivity index (χ4v) is 8.52. The van der Waals surface area contributed by atoms with Gasteiger partial charge in [0.25, 0.3) is 5.91 Å². The molecule has 2 fully saturated rings. The van der Waals surface area contributed by atoms with Gasteiger partial charge < -0.3 is 25.0 Å². The largest absolute Gasteiger partial charge is 0.508 e. The number of benzene rings is 2. The lowest BCUT2D eigenvalue weighted by molar-refractivity contribution is 0.0957. The van der Waals surface area contributed by atoms with Gasteiger partial charge in [-0.05, 0) is 67.8 Å². The fourth-order valence-electron chi connectivity index (χ4n) is 8.52. The van der Waals surface area contributed by atoms with Gasteiger partial charge in [-0.2, -0.15) is 15.1 Å². The molecule has 8 rings (SSSR count). The third-order valence-corrected chi connectivity index (χ3v) is 10.9. The summed E-state index contributed by atoms with van der Waals surface area (Å²) in [7, 11) is 1.60. The van der Waals surface area contributed by atoms with Gasteiger partial charge in [-0.1, -0.05) is 13.0 Å². The lowest BCUT2D eigenvalue weighted by atomic mass is 9.95. The maximum atomic E-state index is 15.1. The van der Waals surface area contributed by atoms with Crippen molar-refractivity contribution < 1.29 is 23.4 Å². The highest BCUT2D eigenvalue weighted by molar-refractivity contribution is 5.98. The zero-order valence-electron chi connectivity index (χ0n) is 28.0. The molecule has 4 aliphatic rings. The van der Waals surface area contributed by atoms with Gasteiger partial charge in [0.1, 0.15) is 35.9 Å². The van der Waals surface area contributed by atoms with Gasteiger partial charge >= 0.3 is 6.01 Å². The van der Waals surface area contributed by atoms with Crippen LogP contribution in [-0.2, 0) is 32.5 Å². The molecule has 13 heteroatoms. The van der Waals surface area contributed by atoms with Crippen molar-refractivity contribution in [2.24, 2.45) is 0 Å². The molecular formula is C36H42F2N8O3. The van der Waals surface area contributed by atoms with E-state index in [2.05, 4.69) is 25.1 Å². The predicted molar refractivity (Wildman–Crippen MR) is 182 cm³/mol. The van der Waals surface area contributed by atoms with Gasteiger partial charge in [-0.25, -0.2) is 8.78 Å². The number of aromatic hydroxyl groups is 1. The van der Waals surface area contributed by atoms with E-state index in [0.717, 1.165) is 71.6 Å². The Kier molecular flexibility index (Phi) is 8.04. The Morgan fingerprint density at radius 3 is 2.82 bits per heavy atom. The van der Waals surface area contributed by atoms with Crippen molar-refractivity contribution >= 4 is 28.2 Å². The molecule has 0 saturated carbocycles. The maximum absolute atomic E-state index is 15.1. The van der Waals surface area contributed by atoms with Crippen LogP contribution in [0.4, 0.5) is 20.3 Å². The second-order valence-corrected chi connectivity index (χ2v) is 13.8. The molecule has 49 heavy (non-hydrogen) atoms. The van der Waals surface area contributed by atoms with E-state index >= 15 is 4.39 Å². The summed E-state index contributed by atoms with van der Waals surface area (Å²) >= 11 is 0. The number of carbonyl (C=O) groups excluding carboxylic acids is 1. The number of phenols is 1. The molecule has 4 aromatic rings. The van der Waals surface area contributed by atoms with Crippen molar-refractivity contribution in [3.63, 3.8) is 0 Å². The molecule has 1 amide bonds. The van der Waals surface area contributed by atoms with Gasteiger partial charge in [0.2, 0.25) is 0 Å². The zero-order valence-corrected chi connectivity index (χ0v) is 28.0. The molecule has 0 unspecified atom stereocenters. The lowest BCUT2D eigenvalue weighted by Crippen LogP contribution is -2.43. The first-order valence-corrected chi connectivity index (χ1v) is 17.4. The van der Waals surface area contributed by atoms with Crippen LogP contribution in [0.15, 0.2) is 30.3 Å². The number of amides is 1. The van der Waals surface area contributed by atoms with Crippen LogP contribution < -0.4 is 19.9 Å². The van der Waals surface area contributed by atoms with Crippen LogP contribution in [0.2, 0.25) is 0 Å². The molecular weight excluding hydrogens is 630 g/mol. The third kappa shape index (κ3) is 5.61. The molecule has 2 N–H and O–H groups in total. The van der Waals surface area contributed by atoms with Crippen LogP contribution in [0.1, 0.15) is 65.6 Å². The van der Waals surface area contributed by atoms with Crippen molar-refractivity contribution in [3.05, 3.63) is 64.4 Å². The summed E-state index contributed by atoms with van der Waals surface area (Å²) < 4.78 is 38.0. The predicted octanol–water partition coefficient (Wildman–Crippen LogP) is 4.52. The van der Waals surface area contributed by atoms with E-state index in [1.807, 2.05) is 17.7 Å². The first-order chi connectivity index (χ1) is 23.7. The summed E-state index contributed by atoms with van der Waals surface area (Å²) in [5.41, 5.74) is 4.15. The van der Waals surface area contributed by atoms with E-state index in [-0.39, 0.29) is 29.0 Å². The molecule has 2 saturated heterocycles. The SMILES string of the molecule is CCc1c(F)ccc2cc(O)cc(N3CCc4c(nc(OC[C@@]56CCCN5C[C@H](F)C6)nc4N4CCCn5nc(C(=O)NC)cc5C4)C3)c12. The Bertz CT molecular complexity index is 1930. The summed E-state index contributed by atoms with van der Waals surface area (Å²) in [5, 5.41) is 19.5. The Hall–Kier alpha value is -4.52. The van der Waals surface area contributed by atoms with Crippen LogP contribution in [0.25, 0.3) is 10.8 Å². The van der Waals surface area contributed by atoms with Crippen LogP contribution in [0, 0.1) is 5.82 Å². The average Bonchev–Trinajstić information content (AvgIpc) is 3.73. The van der Waals surface area contributed by atoms with E-state index in [9.17, 15) is 14.3 Å². The Labute approximate surface area is 283 Å². The Balaban J connectivity index is 1.17. The number of carbonyl (C=O) groups is 1. The smallest absolute Gasteiger partial charge is 0.318 e. The number of aromatic nitrogens is 4. The van der Waals surface area contributed by atoms with Crippen molar-refractivity contribution in [3.8, 4) is 11.8 Å². The number of ether oxygens (including phenoxy) is 1. The van der Waals surface area contributed by atoms with Gasteiger partial charge in [0, 0.05) is 62.4 Å². The van der Waals surface area contributed by atoms with E-state index in [1.54, 1.807) is 25.2 Å². The number of phenolic OH excluding ortho intramolecular Hbond substituents is 1. The highest BCUT2D eigenvalue weighted by Gasteiger charge is 2.49. The minimum atomic E-state index is -0.867. The molecule has 2 aromatic heterocycles. The molecule has 0 radical (unpaired) electrons. The van der Waals surface area contributed by atoms with Gasteiger partial charge in [0.05, 0.1) is 30.0 Å². The number of aryl methyl sites for hydroxylation is 2. The van der Waals surface area contributed by atoms with Gasteiger partial charge in [-0.3, -0.25) is 14.4 Å². The normalized spacial score (nSPS) is 22.2. The molecule has 258 valence electrons. The van der Waals surface area contributed by atoms with Crippen molar-refractivity contribution in [1.82, 2.24) is 30.0 Å². The molecule has 0 bridgehead atoms. The van der Waals surface area contributed by atoms with E-state index in [0.29, 0.717) is 69.9 Å². The van der Waals surface area contributed by atoms with Crippen LogP contribution in [0.3, 0.4) is 0 Å². The first-order valence-electron chi connectivity index (χ1n) is 17.4. The fraction of sp³-hybridized carbons (Fsp3) is 0.500. The third-order valence-electron chi connectivity index (χ3n) is 10.9. The van der Waals surface area contributed by atoms with Crippen molar-refractivity contribution in [1.29, 1.82) is 0 Å². The lowest BCUT2D eigenvalue weighted by Gasteiger charge is -2.35. The first kappa shape index (κ1) is 31.7. The van der Waals surface area contributed by atoms with Crippen molar-refractivity contribution in [2.45, 2.75) is 76.8 Å². The number of nitrogens with zero attached hydrogens (tertiary/aromatic N) is 7. The number of nitrogens with one attached hydrogen (secondary N) is 1. The molecule has 6 heterocycles. The maximum Gasteiger partial charge on any atom is 0.318 e. The topological polar surface area (TPSA) is 112 Å². The second kappa shape index (κ2) is 12.4. The zero-order chi connectivity index (χ0) is 33.9. The number of anilines is 2. The van der Waals surface area contributed by atoms with Crippen LogP contribution >= 0.6 is 0 Å². The summed E-state index contributed by atoms with van der Waals surface area (Å²) in [5.74, 6) is 0.417. The Morgan fingerprint density at radius 1 is 1.10 bits per heavy atom. The molecule has 11 nitrogen and oxygen atoms in total. The highest BCUT2D eigenvalue weighted by Crippen LogP contribution is 2.42. The van der Waals surface area contributed by atoms with Crippen molar-refractivity contribution in [2.75, 3.05) is 49.6 Å². The average molecular weight is 673 g/mol. The monoisotopic (exact) mass is 672 g/mol. The minimum absolute atomic E-state index is 0.120. The summed E-state index contributed by atoms with van der Waals surface area (Å²) in [6.45, 7) is 6.50. The molecule has 4 aliphatic heterocycles.